The molecule has 1 saturated carbocycles. The molecule has 0 amide bonds. The fourth-order valence-electron chi connectivity index (χ4n) is 3.51. The largest absolute Gasteiger partial charge is 0.389 e. The van der Waals surface area contributed by atoms with Crippen molar-refractivity contribution in [3.63, 3.8) is 0 Å². The van der Waals surface area contributed by atoms with Gasteiger partial charge in [0.05, 0.1) is 5.60 Å². The van der Waals surface area contributed by atoms with E-state index in [0.717, 1.165) is 25.7 Å². The van der Waals surface area contributed by atoms with Gasteiger partial charge in [0.2, 0.25) is 5.92 Å². The summed E-state index contributed by atoms with van der Waals surface area (Å²) in [4.78, 5) is 4.43. The van der Waals surface area contributed by atoms with E-state index in [1.165, 1.54) is 11.3 Å². The maximum Gasteiger partial charge on any atom is 0.248 e. The Balaban J connectivity index is 1.51. The summed E-state index contributed by atoms with van der Waals surface area (Å²) in [5, 5.41) is 13.9. The first-order chi connectivity index (χ1) is 10.5. The summed E-state index contributed by atoms with van der Waals surface area (Å²) in [6, 6.07) is 4.42. The monoisotopic (exact) mass is 310 g/mol. The van der Waals surface area contributed by atoms with E-state index in [2.05, 4.69) is 16.4 Å². The van der Waals surface area contributed by atoms with Crippen molar-refractivity contribution >= 4 is 0 Å². The highest BCUT2D eigenvalue weighted by Gasteiger charge is 2.42. The topological polar surface area (TPSA) is 45.1 Å². The van der Waals surface area contributed by atoms with Gasteiger partial charge in [0.1, 0.15) is 0 Å². The molecule has 0 saturated heterocycles. The van der Waals surface area contributed by atoms with E-state index < -0.39 is 11.5 Å². The number of aromatic nitrogens is 1. The zero-order valence-electron chi connectivity index (χ0n) is 12.8. The number of hydrogen-bond donors (Lipinski definition) is 2. The van der Waals surface area contributed by atoms with Crippen molar-refractivity contribution in [3.05, 3.63) is 29.6 Å². The molecule has 1 atom stereocenters. The SMILES string of the molecule is OC1(CNC2CCc3cccnc3CC2)CCC(F)(F)CC1. The first-order valence-electron chi connectivity index (χ1n) is 8.22. The molecule has 122 valence electrons. The molecule has 3 rings (SSSR count). The Hall–Kier alpha value is -1.07. The van der Waals surface area contributed by atoms with Gasteiger partial charge >= 0.3 is 0 Å². The lowest BCUT2D eigenvalue weighted by Gasteiger charge is -2.37. The van der Waals surface area contributed by atoms with Crippen LogP contribution in [-0.2, 0) is 12.8 Å². The number of alkyl halides is 2. The molecule has 1 heterocycles. The predicted molar refractivity (Wildman–Crippen MR) is 81.0 cm³/mol. The average molecular weight is 310 g/mol. The van der Waals surface area contributed by atoms with E-state index in [1.807, 2.05) is 12.3 Å². The lowest BCUT2D eigenvalue weighted by molar-refractivity contribution is -0.102. The maximum atomic E-state index is 13.2. The van der Waals surface area contributed by atoms with Crippen LogP contribution >= 0.6 is 0 Å². The Morgan fingerprint density at radius 2 is 1.91 bits per heavy atom. The van der Waals surface area contributed by atoms with E-state index >= 15 is 0 Å². The van der Waals surface area contributed by atoms with Gasteiger partial charge in [-0.1, -0.05) is 6.07 Å². The van der Waals surface area contributed by atoms with Crippen LogP contribution < -0.4 is 5.32 Å². The minimum atomic E-state index is -2.60. The predicted octanol–water partition coefficient (Wildman–Crippen LogP) is 2.86. The van der Waals surface area contributed by atoms with Crippen molar-refractivity contribution in [2.75, 3.05) is 6.54 Å². The summed E-state index contributed by atoms with van der Waals surface area (Å²) >= 11 is 0. The third kappa shape index (κ3) is 3.82. The lowest BCUT2D eigenvalue weighted by Crippen LogP contribution is -2.48. The molecule has 0 aliphatic heterocycles. The second-order valence-corrected chi connectivity index (χ2v) is 6.84. The Kier molecular flexibility index (Phi) is 4.46. The molecule has 2 aliphatic rings. The van der Waals surface area contributed by atoms with Crippen LogP contribution in [0.4, 0.5) is 8.78 Å². The molecule has 22 heavy (non-hydrogen) atoms. The van der Waals surface area contributed by atoms with E-state index in [1.54, 1.807) is 0 Å². The molecule has 3 nitrogen and oxygen atoms in total. The maximum absolute atomic E-state index is 13.2. The molecule has 2 N–H and O–H groups in total. The highest BCUT2D eigenvalue weighted by molar-refractivity contribution is 5.21. The Morgan fingerprint density at radius 3 is 2.68 bits per heavy atom. The Labute approximate surface area is 130 Å². The minimum Gasteiger partial charge on any atom is -0.389 e. The third-order valence-electron chi connectivity index (χ3n) is 5.11. The molecule has 0 bridgehead atoms. The zero-order valence-corrected chi connectivity index (χ0v) is 12.8. The molecule has 5 heteroatoms. The molecular weight excluding hydrogens is 286 g/mol. The van der Waals surface area contributed by atoms with Crippen LogP contribution in [0, 0.1) is 0 Å². The summed E-state index contributed by atoms with van der Waals surface area (Å²) in [5.41, 5.74) is 1.50. The van der Waals surface area contributed by atoms with Crippen molar-refractivity contribution in [2.24, 2.45) is 0 Å². The van der Waals surface area contributed by atoms with Crippen molar-refractivity contribution in [3.8, 4) is 0 Å². The van der Waals surface area contributed by atoms with Crippen LogP contribution in [-0.4, -0.2) is 34.2 Å². The average Bonchev–Trinajstić information content (AvgIpc) is 2.72. The molecule has 1 aromatic heterocycles. The summed E-state index contributed by atoms with van der Waals surface area (Å²) in [5.74, 6) is -2.60. The van der Waals surface area contributed by atoms with Gasteiger partial charge in [-0.25, -0.2) is 8.78 Å². The van der Waals surface area contributed by atoms with Crippen molar-refractivity contribution in [1.29, 1.82) is 0 Å². The van der Waals surface area contributed by atoms with Gasteiger partial charge in [-0.05, 0) is 50.2 Å². The second-order valence-electron chi connectivity index (χ2n) is 6.84. The third-order valence-corrected chi connectivity index (χ3v) is 5.11. The standard InChI is InChI=1S/C17H24F2N2O/c18-17(19)9-7-16(22,8-10-17)12-21-14-4-3-13-2-1-11-20-15(13)6-5-14/h1-2,11,14,21-22H,3-10,12H2. The van der Waals surface area contributed by atoms with Gasteiger partial charge in [0.25, 0.3) is 0 Å². The van der Waals surface area contributed by atoms with E-state index in [9.17, 15) is 13.9 Å². The number of nitrogens with one attached hydrogen (secondary N) is 1. The van der Waals surface area contributed by atoms with E-state index in [4.69, 9.17) is 0 Å². The van der Waals surface area contributed by atoms with Crippen molar-refractivity contribution in [1.82, 2.24) is 10.3 Å². The van der Waals surface area contributed by atoms with Crippen LogP contribution in [0.2, 0.25) is 0 Å². The van der Waals surface area contributed by atoms with Crippen LogP contribution in [0.5, 0.6) is 0 Å². The van der Waals surface area contributed by atoms with Crippen LogP contribution in [0.15, 0.2) is 18.3 Å². The number of aryl methyl sites for hydroxylation is 2. The lowest BCUT2D eigenvalue weighted by atomic mass is 9.82. The van der Waals surface area contributed by atoms with Gasteiger partial charge in [0.15, 0.2) is 0 Å². The van der Waals surface area contributed by atoms with Gasteiger partial charge in [-0.3, -0.25) is 4.98 Å². The number of nitrogens with zero attached hydrogens (tertiary/aromatic N) is 1. The van der Waals surface area contributed by atoms with Crippen LogP contribution in [0.1, 0.15) is 49.8 Å². The second kappa shape index (κ2) is 6.20. The van der Waals surface area contributed by atoms with Crippen molar-refractivity contribution in [2.45, 2.75) is 68.9 Å². The molecular formula is C17H24F2N2O. The summed E-state index contributed by atoms with van der Waals surface area (Å²) < 4.78 is 26.4. The Bertz CT molecular complexity index is 484. The van der Waals surface area contributed by atoms with E-state index in [-0.39, 0.29) is 25.7 Å². The highest BCUT2D eigenvalue weighted by Crippen LogP contribution is 2.38. The highest BCUT2D eigenvalue weighted by atomic mass is 19.3. The molecule has 1 unspecified atom stereocenters. The molecule has 0 spiro atoms. The molecule has 2 aliphatic carbocycles. The summed E-state index contributed by atoms with van der Waals surface area (Å²) in [6.07, 6.45) is 5.69. The number of hydrogen-bond acceptors (Lipinski definition) is 3. The van der Waals surface area contributed by atoms with Crippen LogP contribution in [0.25, 0.3) is 0 Å². The van der Waals surface area contributed by atoms with Crippen LogP contribution in [0.3, 0.4) is 0 Å². The first kappa shape index (κ1) is 15.8. The molecule has 0 radical (unpaired) electrons. The normalized spacial score (nSPS) is 27.0. The smallest absolute Gasteiger partial charge is 0.248 e. The number of pyridine rings is 1. The van der Waals surface area contributed by atoms with Crippen molar-refractivity contribution < 1.29 is 13.9 Å². The number of fused-ring (bicyclic) bond motifs is 1. The fraction of sp³-hybridized carbons (Fsp3) is 0.706. The molecule has 0 aromatic carbocycles. The quantitative estimate of drug-likeness (QED) is 0.844. The minimum absolute atomic E-state index is 0.182. The zero-order chi connectivity index (χ0) is 15.6. The van der Waals surface area contributed by atoms with Gasteiger partial charge in [-0.2, -0.15) is 0 Å². The van der Waals surface area contributed by atoms with E-state index in [0.29, 0.717) is 12.6 Å². The van der Waals surface area contributed by atoms with Gasteiger partial charge in [0, 0.05) is 37.3 Å². The molecule has 1 aromatic rings. The Morgan fingerprint density at radius 1 is 1.18 bits per heavy atom. The number of rotatable bonds is 3. The van der Waals surface area contributed by atoms with Gasteiger partial charge in [-0.15, -0.1) is 0 Å². The number of aliphatic hydroxyl groups is 1. The van der Waals surface area contributed by atoms with Gasteiger partial charge < -0.3 is 10.4 Å². The molecule has 1 fully saturated rings. The fourth-order valence-corrected chi connectivity index (χ4v) is 3.51. The summed E-state index contributed by atoms with van der Waals surface area (Å²) in [7, 11) is 0. The number of halogens is 2. The summed E-state index contributed by atoms with van der Waals surface area (Å²) in [6.45, 7) is 0.414. The first-order valence-corrected chi connectivity index (χ1v) is 8.22.